The van der Waals surface area contributed by atoms with Gasteiger partial charge in [0.1, 0.15) is 41.7 Å². The van der Waals surface area contributed by atoms with Crippen molar-refractivity contribution in [1.82, 2.24) is 47.5 Å². The number of carbonyl (C=O) groups excluding carboxylic acids is 8. The first kappa shape index (κ1) is 61.3. The number of carboxylic acids is 1. The topological polar surface area (TPSA) is 417 Å². The second kappa shape index (κ2) is 30.4. The minimum Gasteiger partial charge on any atom is -0.508 e. The van der Waals surface area contributed by atoms with Crippen LogP contribution in [0.2, 0.25) is 0 Å². The average Bonchev–Trinajstić information content (AvgIpc) is 3.85. The number of carboxylic acid groups (broad SMARTS) is 1. The van der Waals surface area contributed by atoms with E-state index < -0.39 is 115 Å². The number of aromatic amines is 1. The number of para-hydroxylation sites is 1. The van der Waals surface area contributed by atoms with Gasteiger partial charge >= 0.3 is 5.97 Å². The van der Waals surface area contributed by atoms with Gasteiger partial charge in [0.05, 0.1) is 25.7 Å². The van der Waals surface area contributed by atoms with E-state index in [9.17, 15) is 58.5 Å². The molecule has 6 atom stereocenters. The van der Waals surface area contributed by atoms with E-state index >= 15 is 0 Å². The highest BCUT2D eigenvalue weighted by atomic mass is 16.4. The number of aromatic hydroxyl groups is 2. The maximum Gasteiger partial charge on any atom is 0.326 e. The molecule has 0 unspecified atom stereocenters. The fourth-order valence-electron chi connectivity index (χ4n) is 8.25. The molecule has 0 radical (unpaired) electrons. The van der Waals surface area contributed by atoms with Crippen LogP contribution in [0.3, 0.4) is 0 Å². The van der Waals surface area contributed by atoms with Gasteiger partial charge in [-0.3, -0.25) is 43.3 Å². The third-order valence-corrected chi connectivity index (χ3v) is 12.5. The molecule has 1 heterocycles. The molecule has 0 aliphatic heterocycles. The van der Waals surface area contributed by atoms with E-state index in [1.165, 1.54) is 36.4 Å². The monoisotopic (exact) mass is 1100 g/mol. The number of aromatic nitrogens is 1. The average molecular weight is 1100 g/mol. The number of carbonyl (C=O) groups is 9. The molecule has 0 aliphatic carbocycles. The Kier molecular flexibility index (Phi) is 23.3. The minimum atomic E-state index is -1.36. The minimum absolute atomic E-state index is 0.0306. The van der Waals surface area contributed by atoms with Gasteiger partial charge in [-0.25, -0.2) is 4.79 Å². The van der Waals surface area contributed by atoms with Gasteiger partial charge in [-0.05, 0) is 77.8 Å². The Bertz CT molecular complexity index is 2970. The van der Waals surface area contributed by atoms with E-state index in [1.807, 2.05) is 12.1 Å². The number of phenolic OH excluding ortho intramolecular Hbond substituents is 2. The second-order valence-corrected chi connectivity index (χ2v) is 19.2. The van der Waals surface area contributed by atoms with Crippen LogP contribution in [0.25, 0.3) is 10.9 Å². The lowest BCUT2D eigenvalue weighted by Crippen LogP contribution is -2.58. The van der Waals surface area contributed by atoms with Crippen LogP contribution in [0.1, 0.15) is 48.9 Å². The van der Waals surface area contributed by atoms with Crippen LogP contribution in [0.4, 0.5) is 0 Å². The molecule has 0 spiro atoms. The zero-order chi connectivity index (χ0) is 58.3. The summed E-state index contributed by atoms with van der Waals surface area (Å²) in [5, 5.41) is 50.3. The van der Waals surface area contributed by atoms with Gasteiger partial charge in [-0.1, -0.05) is 86.6 Å². The van der Waals surface area contributed by atoms with Crippen molar-refractivity contribution in [2.75, 3.05) is 26.2 Å². The van der Waals surface area contributed by atoms with E-state index in [-0.39, 0.29) is 62.5 Å². The largest absolute Gasteiger partial charge is 0.508 e. The summed E-state index contributed by atoms with van der Waals surface area (Å²) in [5.41, 5.74) is 20.2. The summed E-state index contributed by atoms with van der Waals surface area (Å²) in [7, 11) is 0. The van der Waals surface area contributed by atoms with Crippen molar-refractivity contribution >= 4 is 70.1 Å². The molecule has 1 aromatic heterocycles. The summed E-state index contributed by atoms with van der Waals surface area (Å²) < 4.78 is 0. The Hall–Kier alpha value is -9.52. The number of hydrogen-bond acceptors (Lipinski definition) is 13. The predicted octanol–water partition coefficient (Wildman–Crippen LogP) is -1.26. The van der Waals surface area contributed by atoms with Crippen molar-refractivity contribution in [2.24, 2.45) is 28.1 Å². The number of rotatable bonds is 30. The van der Waals surface area contributed by atoms with Gasteiger partial charge < -0.3 is 80.0 Å². The molecular weight excluding hydrogens is 1030 g/mol. The summed E-state index contributed by atoms with van der Waals surface area (Å²) >= 11 is 0. The van der Waals surface area contributed by atoms with Crippen LogP contribution in [-0.2, 0) is 68.8 Å². The number of nitrogens with two attached hydrogens (primary N) is 3. The quantitative estimate of drug-likeness (QED) is 0.0145. The molecule has 25 nitrogen and oxygen atoms in total. The number of hydrogen-bond donors (Lipinski definition) is 15. The van der Waals surface area contributed by atoms with Crippen LogP contribution < -0.4 is 59.7 Å². The third kappa shape index (κ3) is 20.1. The van der Waals surface area contributed by atoms with Crippen LogP contribution in [0.5, 0.6) is 11.5 Å². The lowest BCUT2D eigenvalue weighted by atomic mass is 10.0. The van der Waals surface area contributed by atoms with E-state index in [2.05, 4.69) is 52.5 Å². The summed E-state index contributed by atoms with van der Waals surface area (Å²) in [4.78, 5) is 127. The smallest absolute Gasteiger partial charge is 0.326 e. The fourth-order valence-corrected chi connectivity index (χ4v) is 8.25. The van der Waals surface area contributed by atoms with E-state index in [4.69, 9.17) is 17.2 Å². The van der Waals surface area contributed by atoms with Crippen molar-refractivity contribution in [2.45, 2.75) is 88.6 Å². The second-order valence-electron chi connectivity index (χ2n) is 19.2. The first-order valence-electron chi connectivity index (χ1n) is 25.7. The molecule has 25 heteroatoms. The SMILES string of the molecule is CC(C)[C@H](NC(=O)CNC(=O)[C@H](CCCN=C(N)N)NC(=O)[C@@H](N)Cc1ccc(O)cc1)C(=O)N[C@@H](Cc1c[nH]c2ccccc12)C(=O)NCC(=O)NCC(=O)N[C@@H](Cc1ccc(O)cc1)C(=O)N[C@@H](Cc1ccccc1)C(=O)O. The van der Waals surface area contributed by atoms with E-state index in [0.717, 1.165) is 10.9 Å². The van der Waals surface area contributed by atoms with Gasteiger partial charge in [0, 0.05) is 42.9 Å². The number of nitrogens with zero attached hydrogens (tertiary/aromatic N) is 1. The number of amides is 8. The number of phenols is 2. The highest BCUT2D eigenvalue weighted by Gasteiger charge is 2.32. The van der Waals surface area contributed by atoms with Gasteiger partial charge in [-0.2, -0.15) is 0 Å². The predicted molar refractivity (Wildman–Crippen MR) is 295 cm³/mol. The highest BCUT2D eigenvalue weighted by molar-refractivity contribution is 5.97. The number of nitrogens with one attached hydrogen (secondary N) is 9. The standard InChI is InChI=1S/C55H69N13O12/c1-31(2)48(68-47(73)30-63-50(75)41(13-8-22-59-55(57)58)65-49(74)39(56)23-33-14-18-36(69)19-15-33)53(78)66-43(26-35-27-60-40-12-7-6-11-38(35)40)51(76)62-28-45(71)61-29-46(72)64-42(24-34-16-20-37(70)21-17-34)52(77)67-44(54(79)80)25-32-9-4-3-5-10-32/h3-7,9-12,14-21,27,31,39,41-44,48,60,69-70H,8,13,22-26,28-30,56H2,1-2H3,(H,61,71)(H,62,76)(H,63,75)(H,64,72)(H,65,74)(H,66,78)(H,67,77)(H,68,73)(H,79,80)(H4,57,58,59)/t39-,41-,42-,43-,44-,48-/m0/s1. The number of benzene rings is 4. The highest BCUT2D eigenvalue weighted by Crippen LogP contribution is 2.20. The number of fused-ring (bicyclic) bond motifs is 1. The van der Waals surface area contributed by atoms with Crippen molar-refractivity contribution < 1.29 is 58.5 Å². The molecule has 5 rings (SSSR count). The van der Waals surface area contributed by atoms with E-state index in [1.54, 1.807) is 74.6 Å². The van der Waals surface area contributed by atoms with Gasteiger partial charge in [-0.15, -0.1) is 0 Å². The Balaban J connectivity index is 1.20. The van der Waals surface area contributed by atoms with Crippen LogP contribution in [-0.4, -0.2) is 142 Å². The molecule has 0 saturated heterocycles. The molecule has 0 bridgehead atoms. The summed E-state index contributed by atoms with van der Waals surface area (Å²) in [5.74, 6) is -8.36. The number of guanidine groups is 1. The molecule has 8 amide bonds. The normalized spacial score (nSPS) is 13.2. The Morgan fingerprint density at radius 2 is 1.05 bits per heavy atom. The van der Waals surface area contributed by atoms with Crippen molar-refractivity contribution in [3.63, 3.8) is 0 Å². The first-order chi connectivity index (χ1) is 38.1. The molecule has 0 aliphatic rings. The molecule has 18 N–H and O–H groups in total. The van der Waals surface area contributed by atoms with Crippen LogP contribution >= 0.6 is 0 Å². The molecule has 426 valence electrons. The fraction of sp³-hybridized carbons (Fsp3) is 0.345. The van der Waals surface area contributed by atoms with Crippen LogP contribution in [0, 0.1) is 5.92 Å². The van der Waals surface area contributed by atoms with Gasteiger partial charge in [0.25, 0.3) is 0 Å². The molecule has 4 aromatic carbocycles. The number of aliphatic imine (C=N–C) groups is 1. The maximum absolute atomic E-state index is 14.1. The summed E-state index contributed by atoms with van der Waals surface area (Å²) in [6.07, 6.45) is 1.79. The maximum atomic E-state index is 14.1. The zero-order valence-corrected chi connectivity index (χ0v) is 44.2. The Labute approximate surface area is 460 Å². The Morgan fingerprint density at radius 3 is 1.68 bits per heavy atom. The summed E-state index contributed by atoms with van der Waals surface area (Å²) in [6.45, 7) is 1.44. The molecule has 5 aromatic rings. The van der Waals surface area contributed by atoms with Gasteiger partial charge in [0.2, 0.25) is 47.3 Å². The van der Waals surface area contributed by atoms with E-state index in [0.29, 0.717) is 22.3 Å². The molecule has 0 fully saturated rings. The van der Waals surface area contributed by atoms with Crippen LogP contribution in [0.15, 0.2) is 114 Å². The molecular formula is C55H69N13O12. The van der Waals surface area contributed by atoms with Crippen molar-refractivity contribution in [3.8, 4) is 11.5 Å². The Morgan fingerprint density at radius 1 is 0.537 bits per heavy atom. The zero-order valence-electron chi connectivity index (χ0n) is 44.2. The van der Waals surface area contributed by atoms with Gasteiger partial charge in [0.15, 0.2) is 5.96 Å². The summed E-state index contributed by atoms with van der Waals surface area (Å²) in [6, 6.07) is 20.2. The molecule has 0 saturated carbocycles. The van der Waals surface area contributed by atoms with Crippen molar-refractivity contribution in [3.05, 3.63) is 132 Å². The van der Waals surface area contributed by atoms with Crippen molar-refractivity contribution in [1.29, 1.82) is 0 Å². The third-order valence-electron chi connectivity index (χ3n) is 12.5. The lowest BCUT2D eigenvalue weighted by molar-refractivity contribution is -0.142. The lowest BCUT2D eigenvalue weighted by Gasteiger charge is -2.25. The first-order valence-corrected chi connectivity index (χ1v) is 25.7. The molecule has 80 heavy (non-hydrogen) atoms. The number of aliphatic carboxylic acids is 1. The number of H-pyrrole nitrogens is 1.